The third-order valence-electron chi connectivity index (χ3n) is 5.00. The highest BCUT2D eigenvalue weighted by Gasteiger charge is 2.24. The first-order valence-electron chi connectivity index (χ1n) is 9.08. The molecule has 1 saturated heterocycles. The van der Waals surface area contributed by atoms with Crippen molar-refractivity contribution < 1.29 is 4.79 Å². The van der Waals surface area contributed by atoms with Crippen LogP contribution in [0.25, 0.3) is 11.0 Å². The Morgan fingerprint density at radius 3 is 3.00 bits per heavy atom. The summed E-state index contributed by atoms with van der Waals surface area (Å²) in [7, 11) is 1.61. The van der Waals surface area contributed by atoms with Crippen LogP contribution in [0.3, 0.4) is 0 Å². The van der Waals surface area contributed by atoms with E-state index in [1.54, 1.807) is 19.4 Å². The number of nitrogens with one attached hydrogen (secondary N) is 2. The van der Waals surface area contributed by atoms with E-state index in [2.05, 4.69) is 36.1 Å². The van der Waals surface area contributed by atoms with E-state index in [0.717, 1.165) is 41.5 Å². The van der Waals surface area contributed by atoms with Gasteiger partial charge in [0.25, 0.3) is 5.91 Å². The first kappa shape index (κ1) is 18.7. The molecular weight excluding hydrogens is 424 g/mol. The zero-order valence-electron chi connectivity index (χ0n) is 15.4. The van der Waals surface area contributed by atoms with Crippen LogP contribution in [0, 0.1) is 0 Å². The number of aromatic nitrogens is 3. The van der Waals surface area contributed by atoms with Crippen LogP contribution in [0.5, 0.6) is 0 Å². The number of anilines is 2. The lowest BCUT2D eigenvalue weighted by Crippen LogP contribution is -2.43. The molecule has 28 heavy (non-hydrogen) atoms. The lowest BCUT2D eigenvalue weighted by molar-refractivity contribution is 0.102. The average Bonchev–Trinajstić information content (AvgIpc) is 3.06. The van der Waals surface area contributed by atoms with Gasteiger partial charge in [-0.05, 0) is 34.8 Å². The highest BCUT2D eigenvalue weighted by atomic mass is 79.9. The molecule has 1 aliphatic rings. The molecule has 4 N–H and O–H groups in total. The van der Waals surface area contributed by atoms with Crippen molar-refractivity contribution in [2.75, 3.05) is 23.3 Å². The van der Waals surface area contributed by atoms with Gasteiger partial charge in [-0.1, -0.05) is 0 Å². The molecule has 1 atom stereocenters. The Morgan fingerprint density at radius 2 is 2.25 bits per heavy atom. The number of nitrogens with zero attached hydrogens (tertiary/aromatic N) is 3. The van der Waals surface area contributed by atoms with E-state index in [1.165, 1.54) is 22.9 Å². The smallest absolute Gasteiger partial charge is 0.257 e. The first-order chi connectivity index (χ1) is 13.4. The lowest BCUT2D eigenvalue weighted by atomic mass is 10.1. The summed E-state index contributed by atoms with van der Waals surface area (Å²) < 4.78 is 2.23. The molecule has 9 heteroatoms. The Hall–Kier alpha value is -2.65. The third-order valence-corrected chi connectivity index (χ3v) is 5.58. The van der Waals surface area contributed by atoms with Gasteiger partial charge in [-0.2, -0.15) is 0 Å². The summed E-state index contributed by atoms with van der Waals surface area (Å²) in [5.74, 6) is -0.294. The van der Waals surface area contributed by atoms with Crippen molar-refractivity contribution in [3.05, 3.63) is 51.1 Å². The van der Waals surface area contributed by atoms with Gasteiger partial charge in [0.2, 0.25) is 5.56 Å². The highest BCUT2D eigenvalue weighted by Crippen LogP contribution is 2.38. The third kappa shape index (κ3) is 3.43. The minimum atomic E-state index is -0.294. The standard InChI is InChI=1S/C19H21BrN6O2/c1-25-9-11(4-5-15(25)27)19(28)24-14-8-23-18-16(14)17(13(20)7-22-18)26-6-2-3-12(21)10-26/h4-5,7-9,12H,2-3,6,10,21H2,1H3,(H,22,23)(H,24,28). The summed E-state index contributed by atoms with van der Waals surface area (Å²) in [5, 5.41) is 3.78. The SMILES string of the molecule is Cn1cc(C(=O)Nc2c[nH]c3ncc(Br)c(N4CCCC(N)C4)c23)ccc1=O. The fourth-order valence-electron chi connectivity index (χ4n) is 3.60. The Bertz CT molecular complexity index is 1110. The van der Waals surface area contributed by atoms with E-state index < -0.39 is 0 Å². The fraction of sp³-hybridized carbons (Fsp3) is 0.316. The minimum absolute atomic E-state index is 0.117. The van der Waals surface area contributed by atoms with E-state index in [0.29, 0.717) is 16.9 Å². The maximum Gasteiger partial charge on any atom is 0.257 e. The van der Waals surface area contributed by atoms with Gasteiger partial charge >= 0.3 is 0 Å². The van der Waals surface area contributed by atoms with Gasteiger partial charge < -0.3 is 25.5 Å². The second-order valence-electron chi connectivity index (χ2n) is 7.05. The van der Waals surface area contributed by atoms with E-state index in [1.807, 2.05) is 0 Å². The quantitative estimate of drug-likeness (QED) is 0.573. The number of carbonyl (C=O) groups is 1. The van der Waals surface area contributed by atoms with Crippen molar-refractivity contribution in [3.63, 3.8) is 0 Å². The number of H-pyrrole nitrogens is 1. The number of piperidine rings is 1. The molecule has 0 aliphatic carbocycles. The van der Waals surface area contributed by atoms with Crippen molar-refractivity contribution in [1.29, 1.82) is 0 Å². The predicted octanol–water partition coefficient (Wildman–Crippen LogP) is 2.20. The first-order valence-corrected chi connectivity index (χ1v) is 9.87. The Balaban J connectivity index is 1.73. The fourth-order valence-corrected chi connectivity index (χ4v) is 4.15. The second-order valence-corrected chi connectivity index (χ2v) is 7.90. The monoisotopic (exact) mass is 444 g/mol. The zero-order valence-corrected chi connectivity index (χ0v) is 17.0. The van der Waals surface area contributed by atoms with Crippen LogP contribution in [0.1, 0.15) is 23.2 Å². The number of rotatable bonds is 3. The normalized spacial score (nSPS) is 17.1. The number of amides is 1. The summed E-state index contributed by atoms with van der Waals surface area (Å²) in [4.78, 5) is 34.1. The van der Waals surface area contributed by atoms with Crippen molar-refractivity contribution in [3.8, 4) is 0 Å². The van der Waals surface area contributed by atoms with Crippen molar-refractivity contribution in [2.45, 2.75) is 18.9 Å². The average molecular weight is 445 g/mol. The molecule has 0 aromatic carbocycles. The number of aryl methyl sites for hydroxylation is 1. The maximum absolute atomic E-state index is 12.7. The lowest BCUT2D eigenvalue weighted by Gasteiger charge is -2.33. The molecule has 0 radical (unpaired) electrons. The van der Waals surface area contributed by atoms with E-state index in [4.69, 9.17) is 5.73 Å². The second kappa shape index (κ2) is 7.40. The van der Waals surface area contributed by atoms with E-state index >= 15 is 0 Å². The van der Waals surface area contributed by atoms with Gasteiger partial charge in [-0.15, -0.1) is 0 Å². The van der Waals surface area contributed by atoms with Crippen molar-refractivity contribution in [2.24, 2.45) is 12.8 Å². The van der Waals surface area contributed by atoms with Gasteiger partial charge in [0.15, 0.2) is 0 Å². The summed E-state index contributed by atoms with van der Waals surface area (Å²) >= 11 is 3.61. The van der Waals surface area contributed by atoms with Gasteiger partial charge in [0.1, 0.15) is 5.65 Å². The van der Waals surface area contributed by atoms with Gasteiger partial charge in [0, 0.05) is 50.8 Å². The number of aromatic amines is 1. The number of nitrogens with two attached hydrogens (primary N) is 1. The van der Waals surface area contributed by atoms with Crippen LogP contribution >= 0.6 is 15.9 Å². The van der Waals surface area contributed by atoms with Gasteiger partial charge in [0.05, 0.1) is 26.8 Å². The minimum Gasteiger partial charge on any atom is -0.368 e. The number of hydrogen-bond acceptors (Lipinski definition) is 5. The molecule has 3 aromatic rings. The van der Waals surface area contributed by atoms with Gasteiger partial charge in [-0.3, -0.25) is 9.59 Å². The molecule has 4 heterocycles. The van der Waals surface area contributed by atoms with Crippen LogP contribution in [0.2, 0.25) is 0 Å². The molecule has 0 bridgehead atoms. The Labute approximate surface area is 169 Å². The van der Waals surface area contributed by atoms with Crippen molar-refractivity contribution in [1.82, 2.24) is 14.5 Å². The Kier molecular flexibility index (Phi) is 4.94. The molecule has 146 valence electrons. The molecule has 1 amide bonds. The Morgan fingerprint density at radius 1 is 1.43 bits per heavy atom. The molecule has 1 fully saturated rings. The summed E-state index contributed by atoms with van der Waals surface area (Å²) in [5.41, 5.74) is 8.71. The molecule has 1 aliphatic heterocycles. The van der Waals surface area contributed by atoms with Crippen LogP contribution < -0.4 is 21.5 Å². The van der Waals surface area contributed by atoms with E-state index in [-0.39, 0.29) is 17.5 Å². The molecule has 3 aromatic heterocycles. The van der Waals surface area contributed by atoms with E-state index in [9.17, 15) is 9.59 Å². The van der Waals surface area contributed by atoms with Crippen LogP contribution in [-0.4, -0.2) is 39.6 Å². The topological polar surface area (TPSA) is 109 Å². The summed E-state index contributed by atoms with van der Waals surface area (Å²) in [6.07, 6.45) is 7.03. The highest BCUT2D eigenvalue weighted by molar-refractivity contribution is 9.10. The zero-order chi connectivity index (χ0) is 19.8. The predicted molar refractivity (Wildman–Crippen MR) is 113 cm³/mol. The molecule has 8 nitrogen and oxygen atoms in total. The summed E-state index contributed by atoms with van der Waals surface area (Å²) in [6.45, 7) is 1.64. The number of halogens is 1. The maximum atomic E-state index is 12.7. The molecule has 1 unspecified atom stereocenters. The molecular formula is C19H21BrN6O2. The molecule has 4 rings (SSSR count). The van der Waals surface area contributed by atoms with Crippen LogP contribution in [0.4, 0.5) is 11.4 Å². The number of carbonyl (C=O) groups excluding carboxylic acids is 1. The van der Waals surface area contributed by atoms with Crippen LogP contribution in [0.15, 0.2) is 40.0 Å². The largest absolute Gasteiger partial charge is 0.368 e. The molecule has 0 saturated carbocycles. The summed E-state index contributed by atoms with van der Waals surface area (Å²) in [6, 6.07) is 3.01. The van der Waals surface area contributed by atoms with Crippen LogP contribution in [-0.2, 0) is 7.05 Å². The number of fused-ring (bicyclic) bond motifs is 1. The molecule has 0 spiro atoms. The van der Waals surface area contributed by atoms with Crippen molar-refractivity contribution >= 4 is 44.2 Å². The van der Waals surface area contributed by atoms with Gasteiger partial charge in [-0.25, -0.2) is 4.98 Å². The number of hydrogen-bond donors (Lipinski definition) is 3. The number of pyridine rings is 2.